The van der Waals surface area contributed by atoms with Gasteiger partial charge in [0.15, 0.2) is 9.84 Å². The monoisotopic (exact) mass is 395 g/mol. The van der Waals surface area contributed by atoms with Crippen LogP contribution in [0.3, 0.4) is 0 Å². The smallest absolute Gasteiger partial charge is 0.255 e. The zero-order valence-electron chi connectivity index (χ0n) is 12.3. The molecule has 1 aliphatic rings. The van der Waals surface area contributed by atoms with Gasteiger partial charge in [-0.2, -0.15) is 0 Å². The van der Waals surface area contributed by atoms with Crippen molar-refractivity contribution in [2.24, 2.45) is 0 Å². The fourth-order valence-corrected chi connectivity index (χ4v) is 5.40. The number of carbonyl (C=O) groups is 1. The third-order valence-electron chi connectivity index (χ3n) is 3.71. The first-order chi connectivity index (χ1) is 10.9. The third-order valence-corrected chi connectivity index (χ3v) is 6.63. The van der Waals surface area contributed by atoms with Crippen molar-refractivity contribution in [1.29, 1.82) is 0 Å². The van der Waals surface area contributed by atoms with Gasteiger partial charge < -0.3 is 10.1 Å². The van der Waals surface area contributed by atoms with Crippen molar-refractivity contribution < 1.29 is 17.9 Å². The Morgan fingerprint density at radius 3 is 2.78 bits per heavy atom. The van der Waals surface area contributed by atoms with Crippen LogP contribution in [0.2, 0.25) is 0 Å². The number of amides is 1. The molecule has 0 unspecified atom stereocenters. The number of hydrogen-bond donors (Lipinski definition) is 1. The van der Waals surface area contributed by atoms with E-state index in [4.69, 9.17) is 4.74 Å². The van der Waals surface area contributed by atoms with Gasteiger partial charge in [0.1, 0.15) is 5.75 Å². The molecule has 1 aliphatic heterocycles. The number of ether oxygens (including phenoxy) is 1. The van der Waals surface area contributed by atoms with Crippen LogP contribution in [0.4, 0.5) is 5.69 Å². The highest BCUT2D eigenvalue weighted by molar-refractivity contribution is 9.10. The average Bonchev–Trinajstić information content (AvgIpc) is 2.85. The lowest BCUT2D eigenvalue weighted by Crippen LogP contribution is -2.13. The number of methoxy groups -OCH3 is 1. The molecule has 23 heavy (non-hydrogen) atoms. The Hall–Kier alpha value is -1.86. The van der Waals surface area contributed by atoms with Crippen LogP contribution in [-0.4, -0.2) is 27.2 Å². The molecule has 1 heterocycles. The highest BCUT2D eigenvalue weighted by Gasteiger charge is 2.30. The molecule has 3 rings (SSSR count). The van der Waals surface area contributed by atoms with Crippen molar-refractivity contribution in [1.82, 2.24) is 0 Å². The quantitative estimate of drug-likeness (QED) is 0.866. The zero-order chi connectivity index (χ0) is 16.6. The first-order valence-electron chi connectivity index (χ1n) is 6.92. The molecule has 5 nitrogen and oxygen atoms in total. The Balaban J connectivity index is 1.94. The molecule has 0 fully saturated rings. The van der Waals surface area contributed by atoms with Crippen LogP contribution in [-0.2, 0) is 16.3 Å². The van der Waals surface area contributed by atoms with E-state index in [2.05, 4.69) is 21.2 Å². The first kappa shape index (κ1) is 16.0. The van der Waals surface area contributed by atoms with Crippen LogP contribution >= 0.6 is 15.9 Å². The topological polar surface area (TPSA) is 72.5 Å². The van der Waals surface area contributed by atoms with E-state index in [1.165, 1.54) is 7.11 Å². The van der Waals surface area contributed by atoms with Crippen LogP contribution in [0.5, 0.6) is 5.75 Å². The summed E-state index contributed by atoms with van der Waals surface area (Å²) in [4.78, 5) is 12.6. The molecule has 1 N–H and O–H groups in total. The van der Waals surface area contributed by atoms with Gasteiger partial charge >= 0.3 is 0 Å². The number of anilines is 1. The highest BCUT2D eigenvalue weighted by Crippen LogP contribution is 2.37. The molecule has 2 aromatic carbocycles. The molecule has 0 saturated heterocycles. The molecule has 1 amide bonds. The second-order valence-corrected chi connectivity index (χ2v) is 8.01. The predicted octanol–water partition coefficient (Wildman–Crippen LogP) is 3.04. The van der Waals surface area contributed by atoms with Crippen molar-refractivity contribution in [3.05, 3.63) is 52.0 Å². The van der Waals surface area contributed by atoms with Gasteiger partial charge in [-0.25, -0.2) is 8.42 Å². The molecule has 2 aromatic rings. The maximum atomic E-state index is 12.4. The lowest BCUT2D eigenvalue weighted by molar-refractivity contribution is 0.102. The average molecular weight is 396 g/mol. The van der Waals surface area contributed by atoms with E-state index in [0.717, 1.165) is 5.56 Å². The Morgan fingerprint density at radius 2 is 2.04 bits per heavy atom. The van der Waals surface area contributed by atoms with Crippen LogP contribution in [0.15, 0.2) is 45.8 Å². The third kappa shape index (κ3) is 2.98. The van der Waals surface area contributed by atoms with Crippen LogP contribution < -0.4 is 10.1 Å². The van der Waals surface area contributed by atoms with Gasteiger partial charge in [0.2, 0.25) is 0 Å². The van der Waals surface area contributed by atoms with Gasteiger partial charge in [-0.15, -0.1) is 0 Å². The van der Waals surface area contributed by atoms with E-state index in [1.807, 2.05) is 0 Å². The van der Waals surface area contributed by atoms with Crippen molar-refractivity contribution in [3.63, 3.8) is 0 Å². The molecule has 0 atom stereocenters. The van der Waals surface area contributed by atoms with Gasteiger partial charge in [0, 0.05) is 5.56 Å². The second kappa shape index (κ2) is 5.98. The molecule has 0 radical (unpaired) electrons. The van der Waals surface area contributed by atoms with Crippen molar-refractivity contribution in [2.45, 2.75) is 11.3 Å². The van der Waals surface area contributed by atoms with E-state index in [9.17, 15) is 13.2 Å². The SMILES string of the molecule is COc1cccc(C(=O)Nc2ccc3c(c2Br)S(=O)(=O)CC3)c1. The van der Waals surface area contributed by atoms with Crippen LogP contribution in [0.1, 0.15) is 15.9 Å². The summed E-state index contributed by atoms with van der Waals surface area (Å²) >= 11 is 3.32. The summed E-state index contributed by atoms with van der Waals surface area (Å²) in [7, 11) is -1.76. The first-order valence-corrected chi connectivity index (χ1v) is 9.36. The Kier molecular flexibility index (Phi) is 4.16. The number of fused-ring (bicyclic) bond motifs is 1. The number of hydrogen-bond acceptors (Lipinski definition) is 4. The molecular formula is C16H14BrNO4S. The van der Waals surface area contributed by atoms with E-state index in [0.29, 0.717) is 27.9 Å². The molecule has 120 valence electrons. The van der Waals surface area contributed by atoms with Gasteiger partial charge in [-0.3, -0.25) is 4.79 Å². The van der Waals surface area contributed by atoms with E-state index >= 15 is 0 Å². The zero-order valence-corrected chi connectivity index (χ0v) is 14.7. The Labute approximate surface area is 142 Å². The second-order valence-electron chi connectivity index (χ2n) is 5.17. The number of rotatable bonds is 3. The van der Waals surface area contributed by atoms with Crippen LogP contribution in [0, 0.1) is 0 Å². The maximum absolute atomic E-state index is 12.4. The fourth-order valence-electron chi connectivity index (χ4n) is 2.53. The Bertz CT molecular complexity index is 893. The van der Waals surface area contributed by atoms with Crippen molar-refractivity contribution in [3.8, 4) is 5.75 Å². The van der Waals surface area contributed by atoms with Crippen molar-refractivity contribution in [2.75, 3.05) is 18.2 Å². The van der Waals surface area contributed by atoms with E-state index in [-0.39, 0.29) is 16.6 Å². The van der Waals surface area contributed by atoms with Crippen molar-refractivity contribution >= 4 is 37.4 Å². The molecule has 0 saturated carbocycles. The fraction of sp³-hybridized carbons (Fsp3) is 0.188. The number of halogens is 1. The standard InChI is InChI=1S/C16H14BrNO4S/c1-22-12-4-2-3-11(9-12)16(19)18-13-6-5-10-7-8-23(20,21)15(10)14(13)17/h2-6,9H,7-8H2,1H3,(H,18,19). The number of nitrogens with one attached hydrogen (secondary N) is 1. The largest absolute Gasteiger partial charge is 0.497 e. The van der Waals surface area contributed by atoms with Crippen LogP contribution in [0.25, 0.3) is 0 Å². The summed E-state index contributed by atoms with van der Waals surface area (Å²) in [6.07, 6.45) is 0.500. The molecule has 0 aromatic heterocycles. The minimum Gasteiger partial charge on any atom is -0.497 e. The number of carbonyl (C=O) groups excluding carboxylic acids is 1. The lowest BCUT2D eigenvalue weighted by atomic mass is 10.1. The van der Waals surface area contributed by atoms with E-state index in [1.54, 1.807) is 36.4 Å². The summed E-state index contributed by atoms with van der Waals surface area (Å²) in [6, 6.07) is 10.2. The summed E-state index contributed by atoms with van der Waals surface area (Å²) in [5.41, 5.74) is 1.64. The number of aryl methyl sites for hydroxylation is 1. The minimum atomic E-state index is -3.29. The molecule has 7 heteroatoms. The summed E-state index contributed by atoms with van der Waals surface area (Å²) < 4.78 is 29.7. The summed E-state index contributed by atoms with van der Waals surface area (Å²) in [6.45, 7) is 0. The summed E-state index contributed by atoms with van der Waals surface area (Å²) in [5.74, 6) is 0.349. The number of sulfone groups is 1. The molecular weight excluding hydrogens is 382 g/mol. The Morgan fingerprint density at radius 1 is 1.26 bits per heavy atom. The number of benzene rings is 2. The van der Waals surface area contributed by atoms with Gasteiger partial charge in [0.05, 0.1) is 27.9 Å². The van der Waals surface area contributed by atoms with Gasteiger partial charge in [0.25, 0.3) is 5.91 Å². The van der Waals surface area contributed by atoms with Gasteiger partial charge in [-0.1, -0.05) is 12.1 Å². The highest BCUT2D eigenvalue weighted by atomic mass is 79.9. The molecule has 0 spiro atoms. The summed E-state index contributed by atoms with van der Waals surface area (Å²) in [5, 5.41) is 2.74. The minimum absolute atomic E-state index is 0.105. The lowest BCUT2D eigenvalue weighted by Gasteiger charge is -2.11. The predicted molar refractivity (Wildman–Crippen MR) is 90.8 cm³/mol. The molecule has 0 aliphatic carbocycles. The van der Waals surface area contributed by atoms with E-state index < -0.39 is 9.84 Å². The molecule has 0 bridgehead atoms. The maximum Gasteiger partial charge on any atom is 0.255 e. The van der Waals surface area contributed by atoms with Gasteiger partial charge in [-0.05, 0) is 52.2 Å². The normalized spacial score (nSPS) is 15.0.